The molecule has 0 saturated carbocycles. The molecule has 1 unspecified atom stereocenters. The molecule has 1 aliphatic rings. The van der Waals surface area contributed by atoms with Crippen LogP contribution in [0.15, 0.2) is 35.9 Å². The Morgan fingerprint density at radius 3 is 2.38 bits per heavy atom. The summed E-state index contributed by atoms with van der Waals surface area (Å²) in [6, 6.07) is 4.70. The summed E-state index contributed by atoms with van der Waals surface area (Å²) in [7, 11) is 0. The van der Waals surface area contributed by atoms with Crippen molar-refractivity contribution in [1.29, 1.82) is 0 Å². The van der Waals surface area contributed by atoms with Crippen LogP contribution in [-0.2, 0) is 4.79 Å². The highest BCUT2D eigenvalue weighted by Crippen LogP contribution is 2.26. The highest BCUT2D eigenvalue weighted by Gasteiger charge is 2.31. The van der Waals surface area contributed by atoms with E-state index in [-0.39, 0.29) is 11.5 Å². The summed E-state index contributed by atoms with van der Waals surface area (Å²) in [6.45, 7) is 0. The molecule has 0 spiro atoms. The van der Waals surface area contributed by atoms with Crippen molar-refractivity contribution < 1.29 is 32.5 Å². The number of carboxylic acids is 1. The maximum atomic E-state index is 12.1. The lowest BCUT2D eigenvalue weighted by atomic mass is 9.95. The van der Waals surface area contributed by atoms with Gasteiger partial charge in [-0.2, -0.15) is 0 Å². The summed E-state index contributed by atoms with van der Waals surface area (Å²) in [5.74, 6) is -1.29. The average molecular weight is 344 g/mol. The Labute approximate surface area is 137 Å². The third kappa shape index (κ3) is 6.14. The molecule has 1 aromatic rings. The Kier molecular flexibility index (Phi) is 6.11. The topological polar surface area (TPSA) is 55.8 Å². The second-order valence-electron chi connectivity index (χ2n) is 5.61. The number of rotatable bonds is 7. The Morgan fingerprint density at radius 2 is 1.83 bits per heavy atom. The quantitative estimate of drug-likeness (QED) is 0.729. The summed E-state index contributed by atoms with van der Waals surface area (Å²) in [5, 5.41) is 9.25. The van der Waals surface area contributed by atoms with Gasteiger partial charge in [-0.25, -0.2) is 4.79 Å². The lowest BCUT2D eigenvalue weighted by molar-refractivity contribution is -0.274. The first-order valence-corrected chi connectivity index (χ1v) is 7.77. The minimum Gasteiger partial charge on any atom is -0.479 e. The number of alkyl halides is 3. The van der Waals surface area contributed by atoms with E-state index >= 15 is 0 Å². The van der Waals surface area contributed by atoms with E-state index in [1.54, 1.807) is 0 Å². The van der Waals surface area contributed by atoms with E-state index in [4.69, 9.17) is 4.74 Å². The van der Waals surface area contributed by atoms with Crippen molar-refractivity contribution in [2.75, 3.05) is 0 Å². The molecule has 0 radical (unpaired) electrons. The van der Waals surface area contributed by atoms with Gasteiger partial charge in [-0.1, -0.05) is 11.6 Å². The number of carboxylic acid groups (broad SMARTS) is 1. The summed E-state index contributed by atoms with van der Waals surface area (Å²) in [4.78, 5) is 11.3. The van der Waals surface area contributed by atoms with Crippen molar-refractivity contribution in [2.24, 2.45) is 0 Å². The summed E-state index contributed by atoms with van der Waals surface area (Å²) in [6.07, 6.45) is 1.59. The fourth-order valence-corrected chi connectivity index (χ4v) is 2.57. The predicted molar refractivity (Wildman–Crippen MR) is 81.0 cm³/mol. The number of aliphatic carboxylic acids is 1. The van der Waals surface area contributed by atoms with Crippen LogP contribution >= 0.6 is 0 Å². The van der Waals surface area contributed by atoms with Crippen LogP contribution in [-0.4, -0.2) is 23.5 Å². The van der Waals surface area contributed by atoms with E-state index < -0.39 is 18.4 Å². The SMILES string of the molecule is O=C(O)C(CCC1=CCCCC1)Oc1ccc(OC(F)(F)F)cc1. The maximum absolute atomic E-state index is 12.1. The Morgan fingerprint density at radius 1 is 1.17 bits per heavy atom. The molecule has 1 aromatic carbocycles. The van der Waals surface area contributed by atoms with Crippen molar-refractivity contribution in [1.82, 2.24) is 0 Å². The average Bonchev–Trinajstić information content (AvgIpc) is 2.52. The number of benzene rings is 1. The van der Waals surface area contributed by atoms with Crippen LogP contribution in [0.2, 0.25) is 0 Å². The van der Waals surface area contributed by atoms with Gasteiger partial charge in [-0.05, 0) is 62.8 Å². The minimum atomic E-state index is -4.76. The zero-order valence-electron chi connectivity index (χ0n) is 13.0. The lowest BCUT2D eigenvalue weighted by Crippen LogP contribution is -2.27. The van der Waals surface area contributed by atoms with Gasteiger partial charge in [0.15, 0.2) is 6.10 Å². The van der Waals surface area contributed by atoms with Crippen LogP contribution in [0.4, 0.5) is 13.2 Å². The molecule has 0 bridgehead atoms. The van der Waals surface area contributed by atoms with Crippen molar-refractivity contribution in [3.05, 3.63) is 35.9 Å². The molecule has 1 N–H and O–H groups in total. The van der Waals surface area contributed by atoms with Crippen LogP contribution in [0, 0.1) is 0 Å². The molecule has 24 heavy (non-hydrogen) atoms. The molecule has 7 heteroatoms. The van der Waals surface area contributed by atoms with E-state index in [2.05, 4.69) is 10.8 Å². The molecule has 0 saturated heterocycles. The molecule has 132 valence electrons. The number of carbonyl (C=O) groups is 1. The largest absolute Gasteiger partial charge is 0.573 e. The Balaban J connectivity index is 1.92. The first kappa shape index (κ1) is 18.2. The smallest absolute Gasteiger partial charge is 0.479 e. The summed E-state index contributed by atoms with van der Waals surface area (Å²) in [5.41, 5.74) is 1.24. The van der Waals surface area contributed by atoms with E-state index in [0.29, 0.717) is 12.8 Å². The van der Waals surface area contributed by atoms with Gasteiger partial charge in [0, 0.05) is 0 Å². The molecule has 0 fully saturated rings. The van der Waals surface area contributed by atoms with E-state index in [1.165, 1.54) is 17.7 Å². The number of allylic oxidation sites excluding steroid dienone is 2. The molecule has 1 atom stereocenters. The zero-order chi connectivity index (χ0) is 17.6. The maximum Gasteiger partial charge on any atom is 0.573 e. The highest BCUT2D eigenvalue weighted by molar-refractivity contribution is 5.72. The van der Waals surface area contributed by atoms with Crippen LogP contribution < -0.4 is 9.47 Å². The third-order valence-electron chi connectivity index (χ3n) is 3.72. The second-order valence-corrected chi connectivity index (χ2v) is 5.61. The van der Waals surface area contributed by atoms with Gasteiger partial charge in [-0.15, -0.1) is 13.2 Å². The van der Waals surface area contributed by atoms with E-state index in [9.17, 15) is 23.1 Å². The molecule has 0 heterocycles. The molecule has 2 rings (SSSR count). The molecule has 0 aromatic heterocycles. The monoisotopic (exact) mass is 344 g/mol. The van der Waals surface area contributed by atoms with Gasteiger partial charge < -0.3 is 14.6 Å². The standard InChI is InChI=1S/C17H19F3O4/c18-17(19,20)24-14-9-7-13(8-10-14)23-15(16(21)22)11-6-12-4-2-1-3-5-12/h4,7-10,15H,1-3,5-6,11H2,(H,21,22). The highest BCUT2D eigenvalue weighted by atomic mass is 19.4. The predicted octanol–water partition coefficient (Wildman–Crippen LogP) is 4.70. The lowest BCUT2D eigenvalue weighted by Gasteiger charge is -2.18. The molecular weight excluding hydrogens is 325 g/mol. The number of hydrogen-bond acceptors (Lipinski definition) is 3. The first-order valence-electron chi connectivity index (χ1n) is 7.77. The number of ether oxygens (including phenoxy) is 2. The minimum absolute atomic E-state index is 0.189. The summed E-state index contributed by atoms with van der Waals surface area (Å²) >= 11 is 0. The third-order valence-corrected chi connectivity index (χ3v) is 3.72. The molecule has 0 amide bonds. The first-order chi connectivity index (χ1) is 11.3. The van der Waals surface area contributed by atoms with Gasteiger partial charge >= 0.3 is 12.3 Å². The van der Waals surface area contributed by atoms with Gasteiger partial charge in [0.2, 0.25) is 0 Å². The van der Waals surface area contributed by atoms with Gasteiger partial charge in [-0.3, -0.25) is 0 Å². The van der Waals surface area contributed by atoms with Crippen LogP contribution in [0.25, 0.3) is 0 Å². The normalized spacial score (nSPS) is 16.2. The number of halogens is 3. The molecule has 1 aliphatic carbocycles. The Hall–Kier alpha value is -2.18. The second kappa shape index (κ2) is 8.08. The molecule has 4 nitrogen and oxygen atoms in total. The molecular formula is C17H19F3O4. The fourth-order valence-electron chi connectivity index (χ4n) is 2.57. The van der Waals surface area contributed by atoms with Crippen LogP contribution in [0.3, 0.4) is 0 Å². The van der Waals surface area contributed by atoms with Gasteiger partial charge in [0.05, 0.1) is 0 Å². The van der Waals surface area contributed by atoms with Crippen LogP contribution in [0.5, 0.6) is 11.5 Å². The van der Waals surface area contributed by atoms with Gasteiger partial charge in [0.25, 0.3) is 0 Å². The number of hydrogen-bond donors (Lipinski definition) is 1. The van der Waals surface area contributed by atoms with Crippen molar-refractivity contribution in [3.8, 4) is 11.5 Å². The van der Waals surface area contributed by atoms with Crippen molar-refractivity contribution >= 4 is 5.97 Å². The molecule has 0 aliphatic heterocycles. The van der Waals surface area contributed by atoms with E-state index in [1.807, 2.05) is 0 Å². The van der Waals surface area contributed by atoms with Crippen LogP contribution in [0.1, 0.15) is 38.5 Å². The Bertz CT molecular complexity index is 578. The fraction of sp³-hybridized carbons (Fsp3) is 0.471. The van der Waals surface area contributed by atoms with E-state index in [0.717, 1.165) is 37.8 Å². The van der Waals surface area contributed by atoms with Crippen molar-refractivity contribution in [2.45, 2.75) is 51.0 Å². The van der Waals surface area contributed by atoms with Gasteiger partial charge in [0.1, 0.15) is 11.5 Å². The van der Waals surface area contributed by atoms with Crippen molar-refractivity contribution in [3.63, 3.8) is 0 Å². The zero-order valence-corrected chi connectivity index (χ0v) is 13.0. The summed E-state index contributed by atoms with van der Waals surface area (Å²) < 4.78 is 45.4.